The Morgan fingerprint density at radius 2 is 2.00 bits per heavy atom. The van der Waals surface area contributed by atoms with Crippen LogP contribution in [0.4, 0.5) is 0 Å². The van der Waals surface area contributed by atoms with Gasteiger partial charge in [-0.05, 0) is 36.4 Å². The average Bonchev–Trinajstić information content (AvgIpc) is 2.93. The lowest BCUT2D eigenvalue weighted by atomic mass is 10.3. The molecule has 2 N–H and O–H groups in total. The number of nitrogens with zero attached hydrogens (tertiary/aromatic N) is 3. The van der Waals surface area contributed by atoms with Crippen molar-refractivity contribution in [3.8, 4) is 5.69 Å². The van der Waals surface area contributed by atoms with Gasteiger partial charge in [-0.3, -0.25) is 4.99 Å². The van der Waals surface area contributed by atoms with Crippen molar-refractivity contribution in [3.63, 3.8) is 0 Å². The SMILES string of the molecule is CN=C(NC)N/N=C/c1cccn1-c1ccc(Cl)cc1. The largest absolute Gasteiger partial charge is 0.358 e. The molecule has 104 valence electrons. The van der Waals surface area contributed by atoms with Crippen LogP contribution in [0, 0.1) is 0 Å². The predicted octanol–water partition coefficient (Wildman–Crippen LogP) is 2.26. The summed E-state index contributed by atoms with van der Waals surface area (Å²) in [6, 6.07) is 11.6. The fourth-order valence-corrected chi connectivity index (χ4v) is 1.84. The quantitative estimate of drug-likeness (QED) is 0.517. The Labute approximate surface area is 123 Å². The lowest BCUT2D eigenvalue weighted by molar-refractivity contribution is 0.939. The summed E-state index contributed by atoms with van der Waals surface area (Å²) in [4.78, 5) is 3.97. The molecule has 1 heterocycles. The molecule has 0 saturated heterocycles. The van der Waals surface area contributed by atoms with Crippen molar-refractivity contribution in [2.45, 2.75) is 0 Å². The van der Waals surface area contributed by atoms with E-state index in [1.807, 2.05) is 47.2 Å². The third kappa shape index (κ3) is 3.39. The van der Waals surface area contributed by atoms with Gasteiger partial charge in [-0.1, -0.05) is 11.6 Å². The number of aliphatic imine (C=N–C) groups is 1. The van der Waals surface area contributed by atoms with Crippen LogP contribution >= 0.6 is 11.6 Å². The molecule has 2 rings (SSSR count). The lowest BCUT2D eigenvalue weighted by Gasteiger charge is -2.06. The maximum absolute atomic E-state index is 5.90. The van der Waals surface area contributed by atoms with Gasteiger partial charge in [0.1, 0.15) is 0 Å². The summed E-state index contributed by atoms with van der Waals surface area (Å²) in [5.74, 6) is 0.603. The average molecular weight is 290 g/mol. The maximum atomic E-state index is 5.90. The summed E-state index contributed by atoms with van der Waals surface area (Å²) in [7, 11) is 3.46. The molecule has 0 aliphatic heterocycles. The highest BCUT2D eigenvalue weighted by Crippen LogP contribution is 2.15. The van der Waals surface area contributed by atoms with Gasteiger partial charge in [0.05, 0.1) is 11.9 Å². The van der Waals surface area contributed by atoms with Crippen molar-refractivity contribution in [2.24, 2.45) is 10.1 Å². The van der Waals surface area contributed by atoms with Crippen molar-refractivity contribution >= 4 is 23.8 Å². The van der Waals surface area contributed by atoms with Gasteiger partial charge in [0, 0.05) is 31.0 Å². The summed E-state index contributed by atoms with van der Waals surface area (Å²) in [5.41, 5.74) is 4.80. The number of rotatable bonds is 3. The molecule has 0 bridgehead atoms. The van der Waals surface area contributed by atoms with Crippen LogP contribution in [0.3, 0.4) is 0 Å². The number of hydrogen-bond acceptors (Lipinski definition) is 2. The summed E-state index contributed by atoms with van der Waals surface area (Å²) in [6.45, 7) is 0. The van der Waals surface area contributed by atoms with Crippen molar-refractivity contribution in [2.75, 3.05) is 14.1 Å². The van der Waals surface area contributed by atoms with Gasteiger partial charge in [0.25, 0.3) is 0 Å². The molecule has 0 amide bonds. The molecule has 0 saturated carbocycles. The van der Waals surface area contributed by atoms with E-state index >= 15 is 0 Å². The topological polar surface area (TPSA) is 53.7 Å². The van der Waals surface area contributed by atoms with Crippen LogP contribution in [-0.4, -0.2) is 30.8 Å². The number of benzene rings is 1. The highest BCUT2D eigenvalue weighted by molar-refractivity contribution is 6.30. The van der Waals surface area contributed by atoms with Gasteiger partial charge >= 0.3 is 0 Å². The van der Waals surface area contributed by atoms with Crippen molar-refractivity contribution in [1.82, 2.24) is 15.3 Å². The fraction of sp³-hybridized carbons (Fsp3) is 0.143. The highest BCUT2D eigenvalue weighted by atomic mass is 35.5. The van der Waals surface area contributed by atoms with Gasteiger partial charge in [-0.25, -0.2) is 5.43 Å². The molecule has 1 aromatic heterocycles. The molecule has 0 aliphatic carbocycles. The zero-order chi connectivity index (χ0) is 14.4. The molecule has 6 heteroatoms. The molecular formula is C14H16ClN5. The molecule has 0 radical (unpaired) electrons. The molecule has 20 heavy (non-hydrogen) atoms. The van der Waals surface area contributed by atoms with E-state index in [-0.39, 0.29) is 0 Å². The van der Waals surface area contributed by atoms with Crippen molar-refractivity contribution < 1.29 is 0 Å². The first-order valence-corrected chi connectivity index (χ1v) is 6.49. The summed E-state index contributed by atoms with van der Waals surface area (Å²) in [6.07, 6.45) is 3.70. The number of aromatic nitrogens is 1. The fourth-order valence-electron chi connectivity index (χ4n) is 1.71. The van der Waals surface area contributed by atoms with Gasteiger partial charge < -0.3 is 9.88 Å². The van der Waals surface area contributed by atoms with Crippen molar-refractivity contribution in [1.29, 1.82) is 0 Å². The normalized spacial score (nSPS) is 11.8. The van der Waals surface area contributed by atoms with Crippen molar-refractivity contribution in [3.05, 3.63) is 53.3 Å². The Bertz CT molecular complexity index is 613. The van der Waals surface area contributed by atoms with E-state index in [1.54, 1.807) is 20.3 Å². The zero-order valence-corrected chi connectivity index (χ0v) is 12.1. The minimum atomic E-state index is 0.603. The molecular weight excluding hydrogens is 274 g/mol. The Kier molecular flexibility index (Phi) is 4.79. The number of hydrogen-bond donors (Lipinski definition) is 2. The standard InChI is InChI=1S/C14H16ClN5/c1-16-14(17-2)19-18-10-13-4-3-9-20(13)12-7-5-11(15)6-8-12/h3-10H,1-2H3,(H2,16,17,19)/b18-10+. The van der Waals surface area contributed by atoms with E-state index in [9.17, 15) is 0 Å². The first kappa shape index (κ1) is 14.1. The maximum Gasteiger partial charge on any atom is 0.211 e. The third-order valence-electron chi connectivity index (χ3n) is 2.71. The van der Waals surface area contributed by atoms with Crippen LogP contribution < -0.4 is 10.7 Å². The second-order valence-electron chi connectivity index (χ2n) is 3.97. The molecule has 5 nitrogen and oxygen atoms in total. The number of halogens is 1. The van der Waals surface area contributed by atoms with E-state index < -0.39 is 0 Å². The number of hydrazone groups is 1. The monoisotopic (exact) mass is 289 g/mol. The van der Waals surface area contributed by atoms with Crippen LogP contribution in [0.5, 0.6) is 0 Å². The van der Waals surface area contributed by atoms with Gasteiger partial charge in [-0.15, -0.1) is 0 Å². The van der Waals surface area contributed by atoms with E-state index in [2.05, 4.69) is 20.8 Å². The van der Waals surface area contributed by atoms with Gasteiger partial charge in [0.2, 0.25) is 5.96 Å². The smallest absolute Gasteiger partial charge is 0.211 e. The molecule has 0 spiro atoms. The van der Waals surface area contributed by atoms with Crippen LogP contribution in [-0.2, 0) is 0 Å². The third-order valence-corrected chi connectivity index (χ3v) is 2.96. The predicted molar refractivity (Wildman–Crippen MR) is 83.9 cm³/mol. The van der Waals surface area contributed by atoms with Gasteiger partial charge in [-0.2, -0.15) is 5.10 Å². The summed E-state index contributed by atoms with van der Waals surface area (Å²) < 4.78 is 2.02. The summed E-state index contributed by atoms with van der Waals surface area (Å²) in [5, 5.41) is 7.75. The van der Waals surface area contributed by atoms with Crippen LogP contribution in [0.2, 0.25) is 5.02 Å². The second kappa shape index (κ2) is 6.77. The van der Waals surface area contributed by atoms with Crippen LogP contribution in [0.15, 0.2) is 52.7 Å². The molecule has 2 aromatic rings. The number of nitrogens with one attached hydrogen (secondary N) is 2. The Hall–Kier alpha value is -2.27. The molecule has 0 fully saturated rings. The lowest BCUT2D eigenvalue weighted by Crippen LogP contribution is -2.30. The second-order valence-corrected chi connectivity index (χ2v) is 4.41. The molecule has 0 aliphatic rings. The minimum absolute atomic E-state index is 0.603. The first-order valence-electron chi connectivity index (χ1n) is 6.11. The first-order chi connectivity index (χ1) is 9.74. The molecule has 0 atom stereocenters. The van der Waals surface area contributed by atoms with E-state index in [0.29, 0.717) is 5.96 Å². The van der Waals surface area contributed by atoms with E-state index in [1.165, 1.54) is 0 Å². The van der Waals surface area contributed by atoms with Gasteiger partial charge in [0.15, 0.2) is 0 Å². The Balaban J connectivity index is 2.17. The molecule has 0 unspecified atom stereocenters. The number of guanidine groups is 1. The summed E-state index contributed by atoms with van der Waals surface area (Å²) >= 11 is 5.90. The Morgan fingerprint density at radius 1 is 1.25 bits per heavy atom. The van der Waals surface area contributed by atoms with E-state index in [0.717, 1.165) is 16.4 Å². The van der Waals surface area contributed by atoms with E-state index in [4.69, 9.17) is 11.6 Å². The minimum Gasteiger partial charge on any atom is -0.358 e. The zero-order valence-electron chi connectivity index (χ0n) is 11.3. The van der Waals surface area contributed by atoms with Crippen LogP contribution in [0.25, 0.3) is 5.69 Å². The van der Waals surface area contributed by atoms with Crippen LogP contribution in [0.1, 0.15) is 5.69 Å². The highest BCUT2D eigenvalue weighted by Gasteiger charge is 2.01. The Morgan fingerprint density at radius 3 is 2.65 bits per heavy atom. The molecule has 1 aromatic carbocycles.